The number of carboxylic acids is 1. The van der Waals surface area contributed by atoms with Crippen molar-refractivity contribution in [2.45, 2.75) is 39.4 Å². The molecule has 6 nitrogen and oxygen atoms in total. The topological polar surface area (TPSA) is 84.9 Å². The van der Waals surface area contributed by atoms with Crippen LogP contribution in [0.1, 0.15) is 38.1 Å². The number of hydrogen-bond acceptors (Lipinski definition) is 4. The molecule has 1 unspecified atom stereocenters. The fourth-order valence-electron chi connectivity index (χ4n) is 1.57. The number of halogens is 1. The summed E-state index contributed by atoms with van der Waals surface area (Å²) < 4.78 is 23.6. The van der Waals surface area contributed by atoms with Crippen LogP contribution >= 0.6 is 0 Å². The number of hydrogen-bond donors (Lipinski definition) is 2. The predicted octanol–water partition coefficient (Wildman–Crippen LogP) is 2.82. The monoisotopic (exact) mass is 313 g/mol. The Morgan fingerprint density at radius 2 is 2.00 bits per heavy atom. The van der Waals surface area contributed by atoms with Crippen LogP contribution in [-0.2, 0) is 4.74 Å². The van der Waals surface area contributed by atoms with Gasteiger partial charge in [0.15, 0.2) is 0 Å². The Balaban J connectivity index is 2.61. The maximum absolute atomic E-state index is 13.1. The van der Waals surface area contributed by atoms with Crippen molar-refractivity contribution in [3.63, 3.8) is 0 Å². The SMILES string of the molecule is CC(CNC(=O)OC(C)(C)C)Oc1ccc(F)cc1C(=O)O. The van der Waals surface area contributed by atoms with E-state index in [1.807, 2.05) is 0 Å². The third-order valence-electron chi connectivity index (χ3n) is 2.43. The quantitative estimate of drug-likeness (QED) is 0.873. The number of ether oxygens (including phenoxy) is 2. The Kier molecular flexibility index (Phi) is 5.73. The molecule has 1 aromatic carbocycles. The zero-order chi connectivity index (χ0) is 16.9. The first-order valence-corrected chi connectivity index (χ1v) is 6.75. The molecule has 7 heteroatoms. The second-order valence-electron chi connectivity index (χ2n) is 5.76. The molecule has 1 rings (SSSR count). The van der Waals surface area contributed by atoms with Gasteiger partial charge in [-0.15, -0.1) is 0 Å². The average Bonchev–Trinajstić information content (AvgIpc) is 2.36. The van der Waals surface area contributed by atoms with Crippen LogP contribution in [-0.4, -0.2) is 35.4 Å². The van der Waals surface area contributed by atoms with E-state index in [2.05, 4.69) is 5.32 Å². The molecule has 0 aliphatic rings. The Hall–Kier alpha value is -2.31. The molecule has 0 bridgehead atoms. The van der Waals surface area contributed by atoms with Gasteiger partial charge in [0.2, 0.25) is 0 Å². The average molecular weight is 313 g/mol. The Morgan fingerprint density at radius 1 is 1.36 bits per heavy atom. The highest BCUT2D eigenvalue weighted by Crippen LogP contribution is 2.21. The zero-order valence-corrected chi connectivity index (χ0v) is 13.0. The molecule has 2 N–H and O–H groups in total. The number of nitrogens with one attached hydrogen (secondary N) is 1. The molecule has 122 valence electrons. The molecule has 22 heavy (non-hydrogen) atoms. The second kappa shape index (κ2) is 7.11. The molecule has 1 amide bonds. The first-order chi connectivity index (χ1) is 10.1. The van der Waals surface area contributed by atoms with Gasteiger partial charge in [0.25, 0.3) is 0 Å². The van der Waals surface area contributed by atoms with Crippen molar-refractivity contribution in [3.8, 4) is 5.75 Å². The van der Waals surface area contributed by atoms with E-state index in [0.29, 0.717) is 0 Å². The number of amides is 1. The van der Waals surface area contributed by atoms with E-state index in [4.69, 9.17) is 14.6 Å². The van der Waals surface area contributed by atoms with Crippen LogP contribution in [0.5, 0.6) is 5.75 Å². The third-order valence-corrected chi connectivity index (χ3v) is 2.43. The number of carboxylic acid groups (broad SMARTS) is 1. The van der Waals surface area contributed by atoms with E-state index in [9.17, 15) is 14.0 Å². The van der Waals surface area contributed by atoms with E-state index >= 15 is 0 Å². The maximum atomic E-state index is 13.1. The number of carbonyl (C=O) groups excluding carboxylic acids is 1. The first-order valence-electron chi connectivity index (χ1n) is 6.75. The number of rotatable bonds is 5. The van der Waals surface area contributed by atoms with Gasteiger partial charge in [-0.3, -0.25) is 0 Å². The normalized spacial score (nSPS) is 12.4. The largest absolute Gasteiger partial charge is 0.488 e. The Bertz CT molecular complexity index is 553. The fourth-order valence-corrected chi connectivity index (χ4v) is 1.57. The summed E-state index contributed by atoms with van der Waals surface area (Å²) in [5, 5.41) is 11.5. The smallest absolute Gasteiger partial charge is 0.407 e. The van der Waals surface area contributed by atoms with Crippen molar-refractivity contribution < 1.29 is 28.6 Å². The number of alkyl carbamates (subject to hydrolysis) is 1. The predicted molar refractivity (Wildman–Crippen MR) is 77.7 cm³/mol. The van der Waals surface area contributed by atoms with Crippen LogP contribution in [0.3, 0.4) is 0 Å². The molecular weight excluding hydrogens is 293 g/mol. The van der Waals surface area contributed by atoms with Crippen molar-refractivity contribution >= 4 is 12.1 Å². The molecule has 0 aliphatic heterocycles. The zero-order valence-electron chi connectivity index (χ0n) is 13.0. The van der Waals surface area contributed by atoms with Gasteiger partial charge < -0.3 is 19.9 Å². The van der Waals surface area contributed by atoms with E-state index in [-0.39, 0.29) is 17.9 Å². The van der Waals surface area contributed by atoms with Crippen LogP contribution in [0.4, 0.5) is 9.18 Å². The van der Waals surface area contributed by atoms with Gasteiger partial charge in [-0.05, 0) is 45.9 Å². The second-order valence-corrected chi connectivity index (χ2v) is 5.76. The van der Waals surface area contributed by atoms with Crippen molar-refractivity contribution in [2.75, 3.05) is 6.54 Å². The summed E-state index contributed by atoms with van der Waals surface area (Å²) in [4.78, 5) is 22.5. The van der Waals surface area contributed by atoms with Crippen LogP contribution in [0.2, 0.25) is 0 Å². The van der Waals surface area contributed by atoms with Gasteiger partial charge in [0.1, 0.15) is 28.8 Å². The van der Waals surface area contributed by atoms with Gasteiger partial charge in [0, 0.05) is 0 Å². The summed E-state index contributed by atoms with van der Waals surface area (Å²) in [5.74, 6) is -1.92. The molecule has 0 saturated carbocycles. The van der Waals surface area contributed by atoms with Gasteiger partial charge in [-0.1, -0.05) is 0 Å². The number of carbonyl (C=O) groups is 2. The lowest BCUT2D eigenvalue weighted by atomic mass is 10.2. The molecule has 0 spiro atoms. The van der Waals surface area contributed by atoms with Gasteiger partial charge in [-0.2, -0.15) is 0 Å². The molecule has 1 atom stereocenters. The Labute approximate surface area is 128 Å². The van der Waals surface area contributed by atoms with E-state index in [1.54, 1.807) is 27.7 Å². The van der Waals surface area contributed by atoms with Crippen molar-refractivity contribution in [3.05, 3.63) is 29.6 Å². The summed E-state index contributed by atoms with van der Waals surface area (Å²) in [6.07, 6.45) is -1.11. The summed E-state index contributed by atoms with van der Waals surface area (Å²) >= 11 is 0. The summed E-state index contributed by atoms with van der Waals surface area (Å²) in [6, 6.07) is 3.23. The molecular formula is C15H20FNO5. The van der Waals surface area contributed by atoms with Gasteiger partial charge >= 0.3 is 12.1 Å². The highest BCUT2D eigenvalue weighted by molar-refractivity contribution is 5.90. The molecule has 0 aromatic heterocycles. The van der Waals surface area contributed by atoms with Crippen LogP contribution < -0.4 is 10.1 Å². The molecule has 1 aromatic rings. The number of benzene rings is 1. The minimum absolute atomic E-state index is 0.0346. The highest BCUT2D eigenvalue weighted by atomic mass is 19.1. The minimum Gasteiger partial charge on any atom is -0.488 e. The molecule has 0 saturated heterocycles. The van der Waals surface area contributed by atoms with Crippen LogP contribution in [0, 0.1) is 5.82 Å². The molecule has 0 aliphatic carbocycles. The number of aromatic carboxylic acids is 1. The van der Waals surface area contributed by atoms with E-state index < -0.39 is 29.6 Å². The third kappa shape index (κ3) is 5.99. The molecule has 0 fully saturated rings. The Morgan fingerprint density at radius 3 is 2.55 bits per heavy atom. The lowest BCUT2D eigenvalue weighted by Gasteiger charge is -2.21. The van der Waals surface area contributed by atoms with Gasteiger partial charge in [0.05, 0.1) is 6.54 Å². The fraction of sp³-hybridized carbons (Fsp3) is 0.467. The lowest BCUT2D eigenvalue weighted by Crippen LogP contribution is -2.37. The highest BCUT2D eigenvalue weighted by Gasteiger charge is 2.18. The first kappa shape index (κ1) is 17.7. The minimum atomic E-state index is -1.29. The van der Waals surface area contributed by atoms with E-state index in [0.717, 1.165) is 12.1 Å². The van der Waals surface area contributed by atoms with Crippen LogP contribution in [0.15, 0.2) is 18.2 Å². The maximum Gasteiger partial charge on any atom is 0.407 e. The standard InChI is InChI=1S/C15H20FNO5/c1-9(8-17-14(20)22-15(2,3)4)21-12-6-5-10(16)7-11(12)13(18)19/h5-7,9H,8H2,1-4H3,(H,17,20)(H,18,19). The van der Waals surface area contributed by atoms with Gasteiger partial charge in [-0.25, -0.2) is 14.0 Å². The summed E-state index contributed by atoms with van der Waals surface area (Å²) in [7, 11) is 0. The summed E-state index contributed by atoms with van der Waals surface area (Å²) in [5.41, 5.74) is -0.883. The van der Waals surface area contributed by atoms with Crippen molar-refractivity contribution in [1.29, 1.82) is 0 Å². The van der Waals surface area contributed by atoms with Crippen molar-refractivity contribution in [2.24, 2.45) is 0 Å². The lowest BCUT2D eigenvalue weighted by molar-refractivity contribution is 0.0502. The van der Waals surface area contributed by atoms with Crippen LogP contribution in [0.25, 0.3) is 0 Å². The molecule has 0 heterocycles. The molecule has 0 radical (unpaired) electrons. The van der Waals surface area contributed by atoms with E-state index in [1.165, 1.54) is 6.07 Å². The summed E-state index contributed by atoms with van der Waals surface area (Å²) in [6.45, 7) is 6.98. The van der Waals surface area contributed by atoms with Crippen molar-refractivity contribution in [1.82, 2.24) is 5.32 Å².